The zero-order valence-electron chi connectivity index (χ0n) is 10.4. The van der Waals surface area contributed by atoms with Crippen molar-refractivity contribution in [3.8, 4) is 11.3 Å². The van der Waals surface area contributed by atoms with Crippen LogP contribution in [0, 0.1) is 0 Å². The van der Waals surface area contributed by atoms with Crippen molar-refractivity contribution in [3.63, 3.8) is 0 Å². The Hall–Kier alpha value is -2.23. The Balaban J connectivity index is 2.13. The summed E-state index contributed by atoms with van der Waals surface area (Å²) >= 11 is 0. The van der Waals surface area contributed by atoms with Crippen LogP contribution in [0.3, 0.4) is 0 Å². The number of fused-ring (bicyclic) bond motifs is 1. The molecule has 0 aliphatic rings. The lowest BCUT2D eigenvalue weighted by Crippen LogP contribution is -1.93. The summed E-state index contributed by atoms with van der Waals surface area (Å²) in [6.45, 7) is 4.08. The van der Waals surface area contributed by atoms with Crippen LogP contribution < -0.4 is 5.73 Å². The first-order valence-corrected chi connectivity index (χ1v) is 5.99. The molecule has 0 unspecified atom stereocenters. The second-order valence-electron chi connectivity index (χ2n) is 4.74. The van der Waals surface area contributed by atoms with E-state index in [0.29, 0.717) is 5.69 Å². The summed E-state index contributed by atoms with van der Waals surface area (Å²) in [6, 6.07) is 8.10. The lowest BCUT2D eigenvalue weighted by Gasteiger charge is -2.01. The minimum atomic E-state index is 0.238. The molecule has 0 saturated heterocycles. The first-order chi connectivity index (χ1) is 8.66. The van der Waals surface area contributed by atoms with Crippen molar-refractivity contribution in [2.24, 2.45) is 0 Å². The predicted octanol–water partition coefficient (Wildman–Crippen LogP) is 3.53. The minimum Gasteiger partial charge on any atom is -0.394 e. The van der Waals surface area contributed by atoms with E-state index < -0.39 is 0 Å². The molecule has 0 amide bonds. The largest absolute Gasteiger partial charge is 0.394 e. The molecule has 3 rings (SSSR count). The summed E-state index contributed by atoms with van der Waals surface area (Å²) in [5.41, 5.74) is 9.54. The van der Waals surface area contributed by atoms with Gasteiger partial charge in [0.2, 0.25) is 0 Å². The van der Waals surface area contributed by atoms with Gasteiger partial charge < -0.3 is 15.2 Å². The van der Waals surface area contributed by atoms with Crippen molar-refractivity contribution < 1.29 is 4.52 Å². The SMILES string of the molecule is CC(C)c1onc(-c2ccc3[nH]ccc3c2)c1N. The highest BCUT2D eigenvalue weighted by Crippen LogP contribution is 2.33. The van der Waals surface area contributed by atoms with Crippen LogP contribution in [0.25, 0.3) is 22.2 Å². The van der Waals surface area contributed by atoms with Crippen molar-refractivity contribution in [3.05, 3.63) is 36.2 Å². The van der Waals surface area contributed by atoms with Gasteiger partial charge in [-0.3, -0.25) is 0 Å². The molecular weight excluding hydrogens is 226 g/mol. The molecule has 4 nitrogen and oxygen atoms in total. The van der Waals surface area contributed by atoms with Crippen molar-refractivity contribution in [2.75, 3.05) is 5.73 Å². The van der Waals surface area contributed by atoms with E-state index in [1.165, 1.54) is 0 Å². The number of anilines is 1. The van der Waals surface area contributed by atoms with Gasteiger partial charge in [0.1, 0.15) is 11.4 Å². The summed E-state index contributed by atoms with van der Waals surface area (Å²) in [4.78, 5) is 3.16. The number of benzene rings is 1. The van der Waals surface area contributed by atoms with Crippen molar-refractivity contribution in [2.45, 2.75) is 19.8 Å². The van der Waals surface area contributed by atoms with E-state index in [-0.39, 0.29) is 5.92 Å². The number of aromatic nitrogens is 2. The molecule has 1 aromatic carbocycles. The van der Waals surface area contributed by atoms with Gasteiger partial charge in [-0.05, 0) is 18.2 Å². The van der Waals surface area contributed by atoms with Gasteiger partial charge in [-0.25, -0.2) is 0 Å². The van der Waals surface area contributed by atoms with Gasteiger partial charge >= 0.3 is 0 Å². The van der Waals surface area contributed by atoms with Gasteiger partial charge in [0.05, 0.1) is 0 Å². The molecule has 3 aromatic rings. The second kappa shape index (κ2) is 3.91. The topological polar surface area (TPSA) is 67.8 Å². The number of H-pyrrole nitrogens is 1. The molecule has 0 atom stereocenters. The zero-order chi connectivity index (χ0) is 12.7. The van der Waals surface area contributed by atoms with Gasteiger partial charge in [-0.2, -0.15) is 0 Å². The van der Waals surface area contributed by atoms with Crippen LogP contribution in [-0.4, -0.2) is 10.1 Å². The number of nitrogens with zero attached hydrogens (tertiary/aromatic N) is 1. The Morgan fingerprint density at radius 3 is 2.83 bits per heavy atom. The third-order valence-corrected chi connectivity index (χ3v) is 3.11. The number of hydrogen-bond acceptors (Lipinski definition) is 3. The summed E-state index contributed by atoms with van der Waals surface area (Å²) in [6.07, 6.45) is 1.92. The molecule has 92 valence electrons. The quantitative estimate of drug-likeness (QED) is 0.721. The fraction of sp³-hybridized carbons (Fsp3) is 0.214. The Kier molecular flexibility index (Phi) is 2.37. The Morgan fingerprint density at radius 2 is 2.11 bits per heavy atom. The number of hydrogen-bond donors (Lipinski definition) is 2. The molecule has 0 saturated carbocycles. The maximum atomic E-state index is 6.09. The molecule has 0 spiro atoms. The summed E-state index contributed by atoms with van der Waals surface area (Å²) in [5, 5.41) is 5.23. The van der Waals surface area contributed by atoms with E-state index in [9.17, 15) is 0 Å². The lowest BCUT2D eigenvalue weighted by atomic mass is 10.0. The van der Waals surface area contributed by atoms with Gasteiger partial charge in [-0.1, -0.05) is 25.1 Å². The number of nitrogens with one attached hydrogen (secondary N) is 1. The number of nitrogens with two attached hydrogens (primary N) is 1. The third kappa shape index (κ3) is 1.57. The van der Waals surface area contributed by atoms with Gasteiger partial charge in [-0.15, -0.1) is 0 Å². The maximum absolute atomic E-state index is 6.09. The van der Waals surface area contributed by atoms with Crippen LogP contribution in [0.1, 0.15) is 25.5 Å². The van der Waals surface area contributed by atoms with Crippen LogP contribution >= 0.6 is 0 Å². The minimum absolute atomic E-state index is 0.238. The Bertz CT molecular complexity index is 694. The van der Waals surface area contributed by atoms with Gasteiger partial charge in [0, 0.05) is 28.6 Å². The third-order valence-electron chi connectivity index (χ3n) is 3.11. The van der Waals surface area contributed by atoms with Crippen molar-refractivity contribution in [1.29, 1.82) is 0 Å². The predicted molar refractivity (Wildman–Crippen MR) is 72.3 cm³/mol. The van der Waals surface area contributed by atoms with Crippen LogP contribution in [-0.2, 0) is 0 Å². The van der Waals surface area contributed by atoms with Crippen LogP contribution in [0.2, 0.25) is 0 Å². The van der Waals surface area contributed by atoms with E-state index in [0.717, 1.165) is 27.9 Å². The van der Waals surface area contributed by atoms with Crippen LogP contribution in [0.15, 0.2) is 35.0 Å². The fourth-order valence-corrected chi connectivity index (χ4v) is 2.14. The molecule has 0 radical (unpaired) electrons. The highest BCUT2D eigenvalue weighted by atomic mass is 16.5. The van der Waals surface area contributed by atoms with E-state index in [1.54, 1.807) is 0 Å². The standard InChI is InChI=1S/C14H15N3O/c1-8(2)14-12(15)13(17-18-14)10-3-4-11-9(7-10)5-6-16-11/h3-8,16H,15H2,1-2H3. The molecule has 0 aliphatic carbocycles. The summed E-state index contributed by atoms with van der Waals surface area (Å²) in [7, 11) is 0. The summed E-state index contributed by atoms with van der Waals surface area (Å²) < 4.78 is 5.32. The second-order valence-corrected chi connectivity index (χ2v) is 4.74. The van der Waals surface area contributed by atoms with Crippen LogP contribution in [0.5, 0.6) is 0 Å². The van der Waals surface area contributed by atoms with E-state index in [2.05, 4.69) is 16.2 Å². The first-order valence-electron chi connectivity index (χ1n) is 5.99. The molecule has 3 N–H and O–H groups in total. The van der Waals surface area contributed by atoms with Gasteiger partial charge in [0.25, 0.3) is 0 Å². The zero-order valence-corrected chi connectivity index (χ0v) is 10.4. The Labute approximate surface area is 105 Å². The highest BCUT2D eigenvalue weighted by Gasteiger charge is 2.17. The molecule has 2 aromatic heterocycles. The first kappa shape index (κ1) is 10.9. The molecule has 0 aliphatic heterocycles. The van der Waals surface area contributed by atoms with Crippen LogP contribution in [0.4, 0.5) is 5.69 Å². The molecule has 4 heteroatoms. The van der Waals surface area contributed by atoms with E-state index >= 15 is 0 Å². The monoisotopic (exact) mass is 241 g/mol. The average Bonchev–Trinajstić information content (AvgIpc) is 2.93. The normalized spacial score (nSPS) is 11.5. The van der Waals surface area contributed by atoms with Gasteiger partial charge in [0.15, 0.2) is 5.76 Å². The smallest absolute Gasteiger partial charge is 0.162 e. The fourth-order valence-electron chi connectivity index (χ4n) is 2.14. The molecular formula is C14H15N3O. The number of rotatable bonds is 2. The average molecular weight is 241 g/mol. The lowest BCUT2D eigenvalue weighted by molar-refractivity contribution is 0.374. The number of nitrogen functional groups attached to an aromatic ring is 1. The molecule has 2 heterocycles. The van der Waals surface area contributed by atoms with Crippen molar-refractivity contribution >= 4 is 16.6 Å². The summed E-state index contributed by atoms with van der Waals surface area (Å²) in [5.74, 6) is 0.987. The van der Waals surface area contributed by atoms with E-state index in [4.69, 9.17) is 10.3 Å². The highest BCUT2D eigenvalue weighted by molar-refractivity contribution is 5.86. The number of aromatic amines is 1. The Morgan fingerprint density at radius 1 is 1.28 bits per heavy atom. The van der Waals surface area contributed by atoms with E-state index in [1.807, 2.05) is 38.2 Å². The molecule has 0 bridgehead atoms. The molecule has 18 heavy (non-hydrogen) atoms. The van der Waals surface area contributed by atoms with Crippen molar-refractivity contribution in [1.82, 2.24) is 10.1 Å². The maximum Gasteiger partial charge on any atom is 0.162 e. The molecule has 0 fully saturated rings.